The zero-order valence-electron chi connectivity index (χ0n) is 17.4. The number of esters is 1. The SMILES string of the molecule is CC[C@H](C(=O)OC)N(c1nc(Cl)ncc1[N+](=O)[O-])C1CCC(OCc2ccccc2)C1. The van der Waals surface area contributed by atoms with Gasteiger partial charge in [-0.25, -0.2) is 9.78 Å². The van der Waals surface area contributed by atoms with Gasteiger partial charge in [0, 0.05) is 6.04 Å². The maximum Gasteiger partial charge on any atom is 0.329 e. The minimum absolute atomic E-state index is 0.0240. The largest absolute Gasteiger partial charge is 0.467 e. The van der Waals surface area contributed by atoms with Gasteiger partial charge in [-0.05, 0) is 42.8 Å². The van der Waals surface area contributed by atoms with Crippen LogP contribution in [-0.4, -0.2) is 46.2 Å². The molecule has 2 unspecified atom stereocenters. The molecule has 10 heteroatoms. The highest BCUT2D eigenvalue weighted by molar-refractivity contribution is 6.28. The first kappa shape index (κ1) is 22.9. The minimum atomic E-state index is -0.743. The summed E-state index contributed by atoms with van der Waals surface area (Å²) in [6.45, 7) is 2.30. The molecular weight excluding hydrogens is 424 g/mol. The van der Waals surface area contributed by atoms with Gasteiger partial charge in [0.2, 0.25) is 11.1 Å². The molecule has 1 aliphatic carbocycles. The number of carbonyl (C=O) groups excluding carboxylic acids is 1. The van der Waals surface area contributed by atoms with Crippen molar-refractivity contribution in [1.82, 2.24) is 9.97 Å². The molecule has 3 atom stereocenters. The molecule has 1 heterocycles. The normalized spacial score (nSPS) is 19.1. The number of ether oxygens (including phenoxy) is 2. The van der Waals surface area contributed by atoms with E-state index in [1.165, 1.54) is 7.11 Å². The van der Waals surface area contributed by atoms with E-state index in [1.807, 2.05) is 37.3 Å². The van der Waals surface area contributed by atoms with Crippen molar-refractivity contribution in [3.8, 4) is 0 Å². The van der Waals surface area contributed by atoms with Gasteiger partial charge in [-0.1, -0.05) is 37.3 Å². The molecular formula is C21H25ClN4O5. The maximum atomic E-state index is 12.5. The second-order valence-electron chi connectivity index (χ2n) is 7.34. The number of benzene rings is 1. The van der Waals surface area contributed by atoms with E-state index in [9.17, 15) is 14.9 Å². The lowest BCUT2D eigenvalue weighted by Crippen LogP contribution is -2.48. The molecule has 0 N–H and O–H groups in total. The number of carbonyl (C=O) groups is 1. The fraction of sp³-hybridized carbons (Fsp3) is 0.476. The van der Waals surface area contributed by atoms with Crippen LogP contribution in [-0.2, 0) is 20.9 Å². The molecule has 2 aromatic rings. The lowest BCUT2D eigenvalue weighted by molar-refractivity contribution is -0.384. The molecule has 1 saturated carbocycles. The minimum Gasteiger partial charge on any atom is -0.467 e. The molecule has 0 bridgehead atoms. The van der Waals surface area contributed by atoms with Gasteiger partial charge in [0.1, 0.15) is 12.2 Å². The second kappa shape index (κ2) is 10.5. The fourth-order valence-electron chi connectivity index (χ4n) is 3.96. The molecule has 0 saturated heterocycles. The number of nitrogens with zero attached hydrogens (tertiary/aromatic N) is 4. The van der Waals surface area contributed by atoms with Crippen LogP contribution in [0.25, 0.3) is 0 Å². The van der Waals surface area contributed by atoms with Gasteiger partial charge in [-0.2, -0.15) is 4.98 Å². The number of hydrogen-bond donors (Lipinski definition) is 0. The fourth-order valence-corrected chi connectivity index (χ4v) is 4.09. The standard InChI is InChI=1S/C21H25ClN4O5/c1-3-17(20(27)30-2)25(19-18(26(28)29)12-23-21(22)24-19)15-9-10-16(11-15)31-13-14-7-5-4-6-8-14/h4-8,12,15-17H,3,9-11,13H2,1-2H3/t15?,16?,17-/m1/s1. The van der Waals surface area contributed by atoms with Gasteiger partial charge in [0.05, 0.1) is 24.7 Å². The summed E-state index contributed by atoms with van der Waals surface area (Å²) in [7, 11) is 1.30. The van der Waals surface area contributed by atoms with Crippen LogP contribution in [0.5, 0.6) is 0 Å². The number of anilines is 1. The quantitative estimate of drug-likeness (QED) is 0.246. The third kappa shape index (κ3) is 5.48. The molecule has 166 valence electrons. The van der Waals surface area contributed by atoms with E-state index in [0.717, 1.165) is 18.2 Å². The first-order valence-corrected chi connectivity index (χ1v) is 10.5. The Morgan fingerprint density at radius 1 is 1.35 bits per heavy atom. The first-order valence-electron chi connectivity index (χ1n) is 10.1. The van der Waals surface area contributed by atoms with Crippen LogP contribution in [0, 0.1) is 10.1 Å². The van der Waals surface area contributed by atoms with Gasteiger partial charge in [-0.3, -0.25) is 10.1 Å². The van der Waals surface area contributed by atoms with Crippen LogP contribution >= 0.6 is 11.6 Å². The molecule has 9 nitrogen and oxygen atoms in total. The molecule has 1 fully saturated rings. The van der Waals surface area contributed by atoms with E-state index in [0.29, 0.717) is 25.9 Å². The summed E-state index contributed by atoms with van der Waals surface area (Å²) >= 11 is 5.97. The van der Waals surface area contributed by atoms with Crippen LogP contribution in [0.3, 0.4) is 0 Å². The van der Waals surface area contributed by atoms with Crippen molar-refractivity contribution in [2.45, 2.75) is 57.4 Å². The zero-order chi connectivity index (χ0) is 22.4. The van der Waals surface area contributed by atoms with Crippen molar-refractivity contribution in [2.24, 2.45) is 0 Å². The van der Waals surface area contributed by atoms with Gasteiger partial charge >= 0.3 is 11.7 Å². The lowest BCUT2D eigenvalue weighted by Gasteiger charge is -2.35. The maximum absolute atomic E-state index is 12.5. The highest BCUT2D eigenvalue weighted by atomic mass is 35.5. The van der Waals surface area contributed by atoms with Crippen LogP contribution in [0.2, 0.25) is 5.28 Å². The third-order valence-corrected chi connectivity index (χ3v) is 5.62. The highest BCUT2D eigenvalue weighted by Crippen LogP contribution is 2.36. The van der Waals surface area contributed by atoms with Gasteiger partial charge in [0.25, 0.3) is 0 Å². The average Bonchev–Trinajstić information content (AvgIpc) is 3.24. The smallest absolute Gasteiger partial charge is 0.329 e. The van der Waals surface area contributed by atoms with Crippen molar-refractivity contribution in [1.29, 1.82) is 0 Å². The molecule has 0 amide bonds. The van der Waals surface area contributed by atoms with Crippen molar-refractivity contribution < 1.29 is 19.2 Å². The zero-order valence-corrected chi connectivity index (χ0v) is 18.2. The first-order chi connectivity index (χ1) is 14.9. The topological polar surface area (TPSA) is 108 Å². The highest BCUT2D eigenvalue weighted by Gasteiger charge is 2.40. The summed E-state index contributed by atoms with van der Waals surface area (Å²) < 4.78 is 11.0. The number of hydrogen-bond acceptors (Lipinski definition) is 8. The van der Waals surface area contributed by atoms with E-state index < -0.39 is 16.9 Å². The predicted molar refractivity (Wildman–Crippen MR) is 115 cm³/mol. The lowest BCUT2D eigenvalue weighted by atomic mass is 10.1. The number of rotatable bonds is 9. The third-order valence-electron chi connectivity index (χ3n) is 5.44. The molecule has 0 spiro atoms. The Hall–Kier alpha value is -2.78. The van der Waals surface area contributed by atoms with E-state index in [1.54, 1.807) is 4.90 Å². The van der Waals surface area contributed by atoms with Gasteiger partial charge < -0.3 is 14.4 Å². The van der Waals surface area contributed by atoms with Crippen molar-refractivity contribution >= 4 is 29.1 Å². The Labute approximate surface area is 185 Å². The Morgan fingerprint density at radius 3 is 2.74 bits per heavy atom. The Balaban J connectivity index is 1.87. The predicted octanol–water partition coefficient (Wildman–Crippen LogP) is 3.93. The summed E-state index contributed by atoms with van der Waals surface area (Å²) in [6.07, 6.45) is 3.46. The Morgan fingerprint density at radius 2 is 2.10 bits per heavy atom. The molecule has 1 aromatic heterocycles. The number of halogens is 1. The molecule has 1 aliphatic rings. The van der Waals surface area contributed by atoms with Crippen LogP contribution in [0.1, 0.15) is 38.2 Å². The Kier molecular flexibility index (Phi) is 7.75. The van der Waals surface area contributed by atoms with E-state index in [-0.39, 0.29) is 28.9 Å². The second-order valence-corrected chi connectivity index (χ2v) is 7.68. The number of aromatic nitrogens is 2. The Bertz CT molecular complexity index is 914. The van der Waals surface area contributed by atoms with E-state index in [4.69, 9.17) is 21.1 Å². The summed E-state index contributed by atoms with van der Waals surface area (Å²) in [6, 6.07) is 8.91. The molecule has 3 rings (SSSR count). The molecule has 0 aliphatic heterocycles. The number of methoxy groups -OCH3 is 1. The van der Waals surface area contributed by atoms with Crippen molar-refractivity contribution in [3.63, 3.8) is 0 Å². The summed E-state index contributed by atoms with van der Waals surface area (Å²) in [5.74, 6) is -0.462. The van der Waals surface area contributed by atoms with Crippen LogP contribution < -0.4 is 4.90 Å². The molecule has 0 radical (unpaired) electrons. The number of nitro groups is 1. The van der Waals surface area contributed by atoms with Crippen LogP contribution in [0.15, 0.2) is 36.5 Å². The van der Waals surface area contributed by atoms with Gasteiger partial charge in [0.15, 0.2) is 0 Å². The van der Waals surface area contributed by atoms with Crippen molar-refractivity contribution in [2.75, 3.05) is 12.0 Å². The summed E-state index contributed by atoms with van der Waals surface area (Å²) in [4.78, 5) is 33.2. The van der Waals surface area contributed by atoms with Crippen LogP contribution in [0.4, 0.5) is 11.5 Å². The van der Waals surface area contributed by atoms with E-state index >= 15 is 0 Å². The summed E-state index contributed by atoms with van der Waals surface area (Å²) in [5, 5.41) is 11.5. The molecule has 1 aromatic carbocycles. The van der Waals surface area contributed by atoms with E-state index in [2.05, 4.69) is 9.97 Å². The van der Waals surface area contributed by atoms with Gasteiger partial charge in [-0.15, -0.1) is 0 Å². The molecule has 31 heavy (non-hydrogen) atoms. The van der Waals surface area contributed by atoms with Crippen molar-refractivity contribution in [3.05, 3.63) is 57.5 Å². The average molecular weight is 449 g/mol. The monoisotopic (exact) mass is 448 g/mol. The summed E-state index contributed by atoms with van der Waals surface area (Å²) in [5.41, 5.74) is 0.766.